The molecule has 2 atom stereocenters. The third-order valence-electron chi connectivity index (χ3n) is 6.06. The molecule has 7 heteroatoms. The maximum absolute atomic E-state index is 12.8. The number of nitrogens with two attached hydrogens (primary N) is 1. The Hall–Kier alpha value is -2.35. The zero-order valence-electron chi connectivity index (χ0n) is 18.4. The number of thiophene rings is 1. The number of fused-ring (bicyclic) bond motifs is 2. The molecule has 5 nitrogen and oxygen atoms in total. The molecule has 4 aromatic rings. The lowest BCUT2D eigenvalue weighted by Crippen LogP contribution is -2.22. The van der Waals surface area contributed by atoms with E-state index in [1.807, 2.05) is 17.8 Å². The maximum atomic E-state index is 12.8. The number of nitrogens with one attached hydrogen (secondary N) is 2. The number of H-pyrrole nitrogens is 2. The molecular weight excluding hydrogens is 438 g/mol. The summed E-state index contributed by atoms with van der Waals surface area (Å²) in [5.74, 6) is 1.43. The van der Waals surface area contributed by atoms with Crippen molar-refractivity contribution in [3.05, 3.63) is 79.3 Å². The summed E-state index contributed by atoms with van der Waals surface area (Å²) in [6.45, 7) is 5.20. The second kappa shape index (κ2) is 10.1. The van der Waals surface area contributed by atoms with Crippen LogP contribution in [0.3, 0.4) is 0 Å². The summed E-state index contributed by atoms with van der Waals surface area (Å²) >= 11 is 3.47. The van der Waals surface area contributed by atoms with Crippen LogP contribution in [0.1, 0.15) is 36.3 Å². The molecule has 0 saturated carbocycles. The molecule has 0 amide bonds. The lowest BCUT2D eigenvalue weighted by molar-refractivity contribution is 0.575. The van der Waals surface area contributed by atoms with E-state index >= 15 is 0 Å². The minimum atomic E-state index is -0.453. The fourth-order valence-electron chi connectivity index (χ4n) is 4.12. The van der Waals surface area contributed by atoms with Crippen LogP contribution in [0.25, 0.3) is 21.0 Å². The summed E-state index contributed by atoms with van der Waals surface area (Å²) < 4.78 is 0. The summed E-state index contributed by atoms with van der Waals surface area (Å²) in [7, 11) is 0. The van der Waals surface area contributed by atoms with Crippen LogP contribution >= 0.6 is 23.1 Å². The molecule has 0 aliphatic heterocycles. The van der Waals surface area contributed by atoms with E-state index < -0.39 is 5.69 Å². The highest BCUT2D eigenvalue weighted by molar-refractivity contribution is 7.99. The van der Waals surface area contributed by atoms with Crippen LogP contribution in [0, 0.1) is 5.92 Å². The van der Waals surface area contributed by atoms with Gasteiger partial charge in [-0.05, 0) is 53.0 Å². The lowest BCUT2D eigenvalue weighted by atomic mass is 9.94. The molecule has 4 rings (SSSR count). The Morgan fingerprint density at radius 1 is 1.06 bits per heavy atom. The van der Waals surface area contributed by atoms with Crippen molar-refractivity contribution in [1.29, 1.82) is 0 Å². The van der Waals surface area contributed by atoms with E-state index in [2.05, 4.69) is 60.2 Å². The van der Waals surface area contributed by atoms with E-state index in [0.29, 0.717) is 27.9 Å². The van der Waals surface area contributed by atoms with Crippen molar-refractivity contribution < 1.29 is 0 Å². The Kier molecular flexibility index (Phi) is 7.18. The zero-order chi connectivity index (χ0) is 22.7. The van der Waals surface area contributed by atoms with Gasteiger partial charge in [0.1, 0.15) is 4.83 Å². The summed E-state index contributed by atoms with van der Waals surface area (Å²) in [5.41, 5.74) is 7.19. The summed E-state index contributed by atoms with van der Waals surface area (Å²) in [4.78, 5) is 31.8. The molecule has 2 heterocycles. The molecule has 0 bridgehead atoms. The van der Waals surface area contributed by atoms with Gasteiger partial charge in [0.15, 0.2) is 0 Å². The van der Waals surface area contributed by atoms with Crippen molar-refractivity contribution in [2.24, 2.45) is 11.7 Å². The summed E-state index contributed by atoms with van der Waals surface area (Å²) in [6.07, 6.45) is 2.54. The number of hydrogen-bond acceptors (Lipinski definition) is 5. The van der Waals surface area contributed by atoms with Gasteiger partial charge in [0.05, 0.1) is 5.39 Å². The standard InChI is InChI=1S/C25H29N3O2S2/c1-15(16(2)31-12-6-11-26)13-20-21(32-24-22(20)23(29)27-25(30)28-24)14-18-9-5-8-17-7-3-4-10-19(17)18/h3-5,7-10,15-16H,6,11-14,26H2,1-2H3,(H2,27,28,29,30). The van der Waals surface area contributed by atoms with Crippen LogP contribution in [-0.2, 0) is 12.8 Å². The molecule has 0 fully saturated rings. The summed E-state index contributed by atoms with van der Waals surface area (Å²) in [6, 6.07) is 14.7. The number of rotatable bonds is 9. The fraction of sp³-hybridized carbons (Fsp3) is 0.360. The molecular formula is C25H29N3O2S2. The Morgan fingerprint density at radius 3 is 2.66 bits per heavy atom. The van der Waals surface area contributed by atoms with Gasteiger partial charge in [-0.3, -0.25) is 14.8 Å². The third kappa shape index (κ3) is 4.85. The first kappa shape index (κ1) is 22.8. The van der Waals surface area contributed by atoms with Crippen molar-refractivity contribution in [2.45, 2.75) is 38.4 Å². The molecule has 0 radical (unpaired) electrons. The van der Waals surface area contributed by atoms with Gasteiger partial charge in [-0.1, -0.05) is 56.3 Å². The first-order valence-electron chi connectivity index (χ1n) is 11.0. The predicted octanol–water partition coefficient (Wildman–Crippen LogP) is 4.67. The average Bonchev–Trinajstić information content (AvgIpc) is 3.10. The van der Waals surface area contributed by atoms with Crippen LogP contribution in [0.15, 0.2) is 52.1 Å². The SMILES string of the molecule is CC(Cc1c(Cc2cccc3ccccc23)sc2[nH]c(=O)[nH]c(=O)c12)C(C)SCCCN. The van der Waals surface area contributed by atoms with Crippen molar-refractivity contribution in [3.63, 3.8) is 0 Å². The van der Waals surface area contributed by atoms with Gasteiger partial charge in [-0.15, -0.1) is 11.3 Å². The first-order chi connectivity index (χ1) is 15.5. The highest BCUT2D eigenvalue weighted by Crippen LogP contribution is 2.34. The number of benzene rings is 2. The Bertz CT molecular complexity index is 1330. The van der Waals surface area contributed by atoms with Crippen LogP contribution in [0.5, 0.6) is 0 Å². The number of hydrogen-bond donors (Lipinski definition) is 3. The normalized spacial score (nSPS) is 13.6. The van der Waals surface area contributed by atoms with E-state index in [1.54, 1.807) is 0 Å². The molecule has 0 aliphatic rings. The van der Waals surface area contributed by atoms with E-state index in [0.717, 1.165) is 35.5 Å². The van der Waals surface area contributed by atoms with Gasteiger partial charge >= 0.3 is 5.69 Å². The Morgan fingerprint density at radius 2 is 1.84 bits per heavy atom. The minimum Gasteiger partial charge on any atom is -0.330 e. The van der Waals surface area contributed by atoms with E-state index in [1.165, 1.54) is 27.7 Å². The number of aromatic amines is 2. The monoisotopic (exact) mass is 467 g/mol. The molecule has 2 aromatic heterocycles. The quantitative estimate of drug-likeness (QED) is 0.312. The number of aromatic nitrogens is 2. The van der Waals surface area contributed by atoms with E-state index in [-0.39, 0.29) is 5.56 Å². The van der Waals surface area contributed by atoms with E-state index in [9.17, 15) is 9.59 Å². The molecule has 168 valence electrons. The molecule has 4 N–H and O–H groups in total. The van der Waals surface area contributed by atoms with Crippen LogP contribution in [0.2, 0.25) is 0 Å². The Balaban J connectivity index is 1.74. The van der Waals surface area contributed by atoms with Crippen molar-refractivity contribution in [2.75, 3.05) is 12.3 Å². The smallest absolute Gasteiger partial charge is 0.326 e. The maximum Gasteiger partial charge on any atom is 0.326 e. The second-order valence-electron chi connectivity index (χ2n) is 8.33. The van der Waals surface area contributed by atoms with Gasteiger partial charge in [0.25, 0.3) is 5.56 Å². The highest BCUT2D eigenvalue weighted by Gasteiger charge is 2.22. The highest BCUT2D eigenvalue weighted by atomic mass is 32.2. The molecule has 0 saturated heterocycles. The van der Waals surface area contributed by atoms with Crippen LogP contribution < -0.4 is 17.0 Å². The number of thioether (sulfide) groups is 1. The van der Waals surface area contributed by atoms with Gasteiger partial charge in [0, 0.05) is 16.5 Å². The molecule has 0 spiro atoms. The largest absolute Gasteiger partial charge is 0.330 e. The van der Waals surface area contributed by atoms with Crippen molar-refractivity contribution in [3.8, 4) is 0 Å². The molecule has 2 aromatic carbocycles. The molecule has 32 heavy (non-hydrogen) atoms. The fourth-order valence-corrected chi connectivity index (χ4v) is 6.50. The lowest BCUT2D eigenvalue weighted by Gasteiger charge is -2.20. The van der Waals surface area contributed by atoms with Gasteiger partial charge in [-0.2, -0.15) is 11.8 Å². The second-order valence-corrected chi connectivity index (χ2v) is 10.9. The predicted molar refractivity (Wildman–Crippen MR) is 138 cm³/mol. The zero-order valence-corrected chi connectivity index (χ0v) is 20.1. The van der Waals surface area contributed by atoms with Crippen LogP contribution in [0.4, 0.5) is 0 Å². The van der Waals surface area contributed by atoms with Gasteiger partial charge < -0.3 is 5.73 Å². The van der Waals surface area contributed by atoms with Crippen molar-refractivity contribution >= 4 is 44.1 Å². The molecule has 2 unspecified atom stereocenters. The first-order valence-corrected chi connectivity index (χ1v) is 12.9. The van der Waals surface area contributed by atoms with Gasteiger partial charge in [0.2, 0.25) is 0 Å². The molecule has 0 aliphatic carbocycles. The van der Waals surface area contributed by atoms with E-state index in [4.69, 9.17) is 5.73 Å². The third-order valence-corrected chi connectivity index (χ3v) is 8.72. The van der Waals surface area contributed by atoms with Gasteiger partial charge in [-0.25, -0.2) is 4.79 Å². The summed E-state index contributed by atoms with van der Waals surface area (Å²) in [5, 5.41) is 3.51. The average molecular weight is 468 g/mol. The minimum absolute atomic E-state index is 0.296. The topological polar surface area (TPSA) is 91.7 Å². The Labute approximate surface area is 195 Å². The van der Waals surface area contributed by atoms with Crippen LogP contribution in [-0.4, -0.2) is 27.5 Å². The van der Waals surface area contributed by atoms with Crippen molar-refractivity contribution in [1.82, 2.24) is 9.97 Å².